The molecule has 1 aromatic rings. The maximum Gasteiger partial charge on any atom is 0.0766 e. The van der Waals surface area contributed by atoms with Crippen LogP contribution in [0.3, 0.4) is 0 Å². The molecule has 0 aliphatic heterocycles. The van der Waals surface area contributed by atoms with E-state index in [9.17, 15) is 0 Å². The Hall–Kier alpha value is -0.650. The third-order valence-electron chi connectivity index (χ3n) is 3.44. The number of ether oxygens (including phenoxy) is 1. The minimum absolute atomic E-state index is 0.769. The molecule has 4 nitrogen and oxygen atoms in total. The molecule has 0 aromatic carbocycles. The van der Waals surface area contributed by atoms with Crippen molar-refractivity contribution in [2.45, 2.75) is 46.6 Å². The van der Waals surface area contributed by atoms with Crippen molar-refractivity contribution in [1.29, 1.82) is 0 Å². The molecule has 0 bridgehead atoms. The fourth-order valence-electron chi connectivity index (χ4n) is 2.24. The molecule has 1 rings (SSSR count). The first-order valence-corrected chi connectivity index (χ1v) is 8.52. The van der Waals surface area contributed by atoms with Crippen LogP contribution in [0.5, 0.6) is 0 Å². The van der Waals surface area contributed by atoms with Crippen molar-refractivity contribution in [3.63, 3.8) is 0 Å². The van der Waals surface area contributed by atoms with Gasteiger partial charge in [0.25, 0.3) is 0 Å². The van der Waals surface area contributed by atoms with Crippen LogP contribution in [0.25, 0.3) is 0 Å². The second-order valence-electron chi connectivity index (χ2n) is 5.14. The lowest BCUT2D eigenvalue weighted by Crippen LogP contribution is -2.19. The molecule has 1 heterocycles. The highest BCUT2D eigenvalue weighted by Crippen LogP contribution is 2.24. The smallest absolute Gasteiger partial charge is 0.0766 e. The molecule has 0 fully saturated rings. The van der Waals surface area contributed by atoms with Gasteiger partial charge in [0.05, 0.1) is 22.5 Å². The van der Waals surface area contributed by atoms with Crippen molar-refractivity contribution < 1.29 is 4.74 Å². The number of nitrogens with zero attached hydrogens (tertiary/aromatic N) is 2. The van der Waals surface area contributed by atoms with Gasteiger partial charge in [-0.2, -0.15) is 5.10 Å². The predicted molar refractivity (Wildman–Crippen MR) is 91.8 cm³/mol. The molecular weight excluding hydrogens is 330 g/mol. The van der Waals surface area contributed by atoms with E-state index >= 15 is 0 Å². The molecule has 0 atom stereocenters. The van der Waals surface area contributed by atoms with E-state index < -0.39 is 0 Å². The van der Waals surface area contributed by atoms with Gasteiger partial charge in [0.15, 0.2) is 0 Å². The van der Waals surface area contributed by atoms with Crippen LogP contribution in [0, 0.1) is 0 Å². The van der Waals surface area contributed by atoms with E-state index in [0.29, 0.717) is 0 Å². The summed E-state index contributed by atoms with van der Waals surface area (Å²) >= 11 is 3.71. The molecule has 5 heteroatoms. The van der Waals surface area contributed by atoms with Crippen LogP contribution in [-0.2, 0) is 24.1 Å². The maximum atomic E-state index is 5.01. The fourth-order valence-corrected chi connectivity index (χ4v) is 2.95. The summed E-state index contributed by atoms with van der Waals surface area (Å²) in [6.45, 7) is 10.1. The lowest BCUT2D eigenvalue weighted by Gasteiger charge is -2.07. The van der Waals surface area contributed by atoms with Crippen molar-refractivity contribution in [2.24, 2.45) is 0 Å². The second-order valence-corrected chi connectivity index (χ2v) is 5.93. The molecule has 0 amide bonds. The molecule has 120 valence electrons. The monoisotopic (exact) mass is 357 g/mol. The molecule has 0 spiro atoms. The summed E-state index contributed by atoms with van der Waals surface area (Å²) in [5.74, 6) is 0. The Morgan fingerprint density at radius 1 is 1.38 bits per heavy atom. The van der Waals surface area contributed by atoms with Gasteiger partial charge >= 0.3 is 0 Å². The number of aryl methyl sites for hydroxylation is 2. The molecule has 1 aromatic heterocycles. The predicted octanol–water partition coefficient (Wildman–Crippen LogP) is 3.34. The first-order valence-electron chi connectivity index (χ1n) is 7.73. The van der Waals surface area contributed by atoms with Crippen molar-refractivity contribution in [2.75, 3.05) is 26.8 Å². The lowest BCUT2D eigenvalue weighted by molar-refractivity contribution is 0.199. The van der Waals surface area contributed by atoms with Crippen molar-refractivity contribution in [1.82, 2.24) is 15.1 Å². The zero-order valence-corrected chi connectivity index (χ0v) is 15.3. The standard InChI is InChI=1S/C16H28BrN3O/c1-5-14-16(17)15(20(6-2)19-14)12-13(3)8-7-9-18-10-11-21-4/h8,18H,5-7,9-12H2,1-4H3. The molecule has 21 heavy (non-hydrogen) atoms. The minimum Gasteiger partial charge on any atom is -0.383 e. The Morgan fingerprint density at radius 2 is 2.14 bits per heavy atom. The quantitative estimate of drug-likeness (QED) is 0.515. The Kier molecular flexibility index (Phi) is 8.88. The highest BCUT2D eigenvalue weighted by atomic mass is 79.9. The molecule has 0 unspecified atom stereocenters. The average Bonchev–Trinajstić information content (AvgIpc) is 2.79. The van der Waals surface area contributed by atoms with E-state index in [1.54, 1.807) is 7.11 Å². The molecule has 0 aliphatic rings. The number of hydrogen-bond donors (Lipinski definition) is 1. The number of allylic oxidation sites excluding steroid dienone is 1. The van der Waals surface area contributed by atoms with Gasteiger partial charge in [0.2, 0.25) is 0 Å². The Labute approximate surface area is 137 Å². The summed E-state index contributed by atoms with van der Waals surface area (Å²) in [5, 5.41) is 8.00. The number of halogens is 1. The third-order valence-corrected chi connectivity index (χ3v) is 4.35. The second kappa shape index (κ2) is 10.1. The van der Waals surface area contributed by atoms with E-state index in [0.717, 1.165) is 51.2 Å². The van der Waals surface area contributed by atoms with Crippen molar-refractivity contribution in [3.05, 3.63) is 27.5 Å². The van der Waals surface area contributed by atoms with E-state index in [1.165, 1.54) is 15.7 Å². The van der Waals surface area contributed by atoms with Crippen LogP contribution >= 0.6 is 15.9 Å². The Bertz CT molecular complexity index is 455. The molecule has 0 saturated heterocycles. The zero-order valence-electron chi connectivity index (χ0n) is 13.7. The maximum absolute atomic E-state index is 5.01. The Balaban J connectivity index is 2.53. The molecule has 0 aliphatic carbocycles. The van der Waals surface area contributed by atoms with Gasteiger partial charge in [-0.15, -0.1) is 0 Å². The fraction of sp³-hybridized carbons (Fsp3) is 0.688. The van der Waals surface area contributed by atoms with Crippen LogP contribution in [0.1, 0.15) is 38.6 Å². The number of hydrogen-bond acceptors (Lipinski definition) is 3. The average molecular weight is 358 g/mol. The summed E-state index contributed by atoms with van der Waals surface area (Å²) in [6, 6.07) is 0. The molecule has 0 radical (unpaired) electrons. The van der Waals surface area contributed by atoms with Crippen molar-refractivity contribution >= 4 is 15.9 Å². The lowest BCUT2D eigenvalue weighted by atomic mass is 10.1. The minimum atomic E-state index is 0.769. The first kappa shape index (κ1) is 18.4. The summed E-state index contributed by atoms with van der Waals surface area (Å²) in [6.07, 6.45) is 5.28. The van der Waals surface area contributed by atoms with Gasteiger partial charge in [0, 0.05) is 26.6 Å². The van der Waals surface area contributed by atoms with E-state index in [2.05, 4.69) is 57.9 Å². The van der Waals surface area contributed by atoms with Crippen LogP contribution < -0.4 is 5.32 Å². The van der Waals surface area contributed by atoms with Gasteiger partial charge in [0.1, 0.15) is 0 Å². The van der Waals surface area contributed by atoms with E-state index in [1.807, 2.05) is 0 Å². The molecular formula is C16H28BrN3O. The summed E-state index contributed by atoms with van der Waals surface area (Å²) in [5.41, 5.74) is 3.83. The summed E-state index contributed by atoms with van der Waals surface area (Å²) in [7, 11) is 1.73. The number of methoxy groups -OCH3 is 1. The summed E-state index contributed by atoms with van der Waals surface area (Å²) < 4.78 is 8.29. The number of nitrogens with one attached hydrogen (secondary N) is 1. The van der Waals surface area contributed by atoms with Gasteiger partial charge in [-0.3, -0.25) is 4.68 Å². The van der Waals surface area contributed by atoms with E-state index in [-0.39, 0.29) is 0 Å². The van der Waals surface area contributed by atoms with Gasteiger partial charge in [-0.05, 0) is 49.2 Å². The Morgan fingerprint density at radius 3 is 2.76 bits per heavy atom. The first-order chi connectivity index (χ1) is 10.1. The van der Waals surface area contributed by atoms with Crippen LogP contribution in [-0.4, -0.2) is 36.6 Å². The highest BCUT2D eigenvalue weighted by Gasteiger charge is 2.13. The number of aromatic nitrogens is 2. The molecule has 1 N–H and O–H groups in total. The number of rotatable bonds is 10. The van der Waals surface area contributed by atoms with Gasteiger partial charge in [-0.1, -0.05) is 18.6 Å². The third kappa shape index (κ3) is 5.93. The SMILES string of the molecule is CCc1nn(CC)c(CC(C)=CCCNCCOC)c1Br. The zero-order chi connectivity index (χ0) is 15.7. The topological polar surface area (TPSA) is 39.1 Å². The normalized spacial score (nSPS) is 12.1. The largest absolute Gasteiger partial charge is 0.383 e. The summed E-state index contributed by atoms with van der Waals surface area (Å²) in [4.78, 5) is 0. The molecule has 0 saturated carbocycles. The van der Waals surface area contributed by atoms with Crippen molar-refractivity contribution in [3.8, 4) is 0 Å². The van der Waals surface area contributed by atoms with Gasteiger partial charge < -0.3 is 10.1 Å². The highest BCUT2D eigenvalue weighted by molar-refractivity contribution is 9.10. The van der Waals surface area contributed by atoms with Crippen LogP contribution in [0.4, 0.5) is 0 Å². The van der Waals surface area contributed by atoms with Gasteiger partial charge in [-0.25, -0.2) is 0 Å². The van der Waals surface area contributed by atoms with Crippen LogP contribution in [0.15, 0.2) is 16.1 Å². The van der Waals surface area contributed by atoms with Crippen LogP contribution in [0.2, 0.25) is 0 Å². The van der Waals surface area contributed by atoms with E-state index in [4.69, 9.17) is 4.74 Å².